The van der Waals surface area contributed by atoms with Gasteiger partial charge < -0.3 is 4.57 Å². The normalized spacial score (nSPS) is 14.6. The predicted molar refractivity (Wildman–Crippen MR) is 65.4 cm³/mol. The van der Waals surface area contributed by atoms with E-state index >= 15 is 0 Å². The zero-order chi connectivity index (χ0) is 11.8. The molecule has 0 bridgehead atoms. The third kappa shape index (κ3) is 1.62. The Labute approximate surface area is 100 Å². The summed E-state index contributed by atoms with van der Waals surface area (Å²) in [6, 6.07) is 8.80. The molecule has 1 aliphatic carbocycles. The molecule has 0 radical (unpaired) electrons. The summed E-state index contributed by atoms with van der Waals surface area (Å²) >= 11 is 0. The average molecular weight is 223 g/mol. The van der Waals surface area contributed by atoms with Crippen LogP contribution in [0.5, 0.6) is 0 Å². The predicted octanol–water partition coefficient (Wildman–Crippen LogP) is 3.07. The molecule has 3 nitrogen and oxygen atoms in total. The van der Waals surface area contributed by atoms with Gasteiger partial charge in [0.1, 0.15) is 6.07 Å². The van der Waals surface area contributed by atoms with Crippen molar-refractivity contribution >= 4 is 0 Å². The monoisotopic (exact) mass is 223 g/mol. The quantitative estimate of drug-likeness (QED) is 0.785. The van der Waals surface area contributed by atoms with Crippen LogP contribution in [0.3, 0.4) is 0 Å². The van der Waals surface area contributed by atoms with Crippen molar-refractivity contribution in [3.8, 4) is 17.3 Å². The Hall–Kier alpha value is -2.08. The Kier molecular flexibility index (Phi) is 2.22. The zero-order valence-electron chi connectivity index (χ0n) is 9.72. The molecule has 3 rings (SSSR count). The second-order valence-corrected chi connectivity index (χ2v) is 4.48. The fourth-order valence-corrected chi connectivity index (χ4v) is 2.27. The summed E-state index contributed by atoms with van der Waals surface area (Å²) in [5.74, 6) is 0. The van der Waals surface area contributed by atoms with Gasteiger partial charge in [0.15, 0.2) is 0 Å². The first kappa shape index (κ1) is 10.1. The molecule has 2 heterocycles. The summed E-state index contributed by atoms with van der Waals surface area (Å²) in [6.45, 7) is 2.02. The molecule has 84 valence electrons. The Morgan fingerprint density at radius 3 is 2.88 bits per heavy atom. The molecule has 3 heteroatoms. The van der Waals surface area contributed by atoms with E-state index in [9.17, 15) is 0 Å². The van der Waals surface area contributed by atoms with Gasteiger partial charge in [0.25, 0.3) is 0 Å². The lowest BCUT2D eigenvalue weighted by atomic mass is 10.2. The number of aromatic nitrogens is 2. The van der Waals surface area contributed by atoms with E-state index in [4.69, 9.17) is 5.26 Å². The Bertz CT molecular complexity index is 586. The Morgan fingerprint density at radius 1 is 1.47 bits per heavy atom. The molecule has 1 aliphatic rings. The highest BCUT2D eigenvalue weighted by atomic mass is 15.1. The molecule has 17 heavy (non-hydrogen) atoms. The molecule has 0 aromatic carbocycles. The maximum atomic E-state index is 9.13. The molecule has 2 aromatic rings. The molecule has 0 N–H and O–H groups in total. The number of rotatable bonds is 2. The van der Waals surface area contributed by atoms with Crippen molar-refractivity contribution in [1.29, 1.82) is 5.26 Å². The second kappa shape index (κ2) is 3.74. The maximum absolute atomic E-state index is 9.13. The number of hydrogen-bond acceptors (Lipinski definition) is 2. The van der Waals surface area contributed by atoms with E-state index in [1.165, 1.54) is 12.8 Å². The summed E-state index contributed by atoms with van der Waals surface area (Å²) in [5.41, 5.74) is 4.06. The van der Waals surface area contributed by atoms with E-state index in [-0.39, 0.29) is 0 Å². The number of nitrogens with zero attached hydrogens (tertiary/aromatic N) is 3. The maximum Gasteiger partial charge on any atom is 0.101 e. The van der Waals surface area contributed by atoms with Crippen LogP contribution in [0.15, 0.2) is 30.6 Å². The van der Waals surface area contributed by atoms with Gasteiger partial charge >= 0.3 is 0 Å². The van der Waals surface area contributed by atoms with Gasteiger partial charge in [-0.25, -0.2) is 0 Å². The summed E-state index contributed by atoms with van der Waals surface area (Å²) in [6.07, 6.45) is 6.06. The molecule has 2 aromatic heterocycles. The molecule has 0 atom stereocenters. The van der Waals surface area contributed by atoms with Crippen LogP contribution in [0.2, 0.25) is 0 Å². The number of pyridine rings is 1. The van der Waals surface area contributed by atoms with Gasteiger partial charge in [0, 0.05) is 29.7 Å². The third-order valence-corrected chi connectivity index (χ3v) is 3.28. The molecular formula is C14H13N3. The van der Waals surface area contributed by atoms with Crippen LogP contribution in [0.25, 0.3) is 11.3 Å². The van der Waals surface area contributed by atoms with E-state index in [0.717, 1.165) is 22.5 Å². The Balaban J connectivity index is 2.20. The highest BCUT2D eigenvalue weighted by Gasteiger charge is 2.28. The first-order valence-corrected chi connectivity index (χ1v) is 5.83. The van der Waals surface area contributed by atoms with Gasteiger partial charge in [0.05, 0.1) is 11.3 Å². The van der Waals surface area contributed by atoms with Crippen LogP contribution in [-0.4, -0.2) is 9.55 Å². The zero-order valence-corrected chi connectivity index (χ0v) is 9.72. The SMILES string of the molecule is Cc1c(C#N)cc(-c2cccnc2)n1C1CC1. The first-order valence-electron chi connectivity index (χ1n) is 5.83. The summed E-state index contributed by atoms with van der Waals surface area (Å²) in [7, 11) is 0. The standard InChI is InChI=1S/C14H13N3/c1-10-12(8-15)7-14(17(10)13-4-5-13)11-3-2-6-16-9-11/h2-3,6-7,9,13H,4-5H2,1H3. The molecule has 0 aliphatic heterocycles. The van der Waals surface area contributed by atoms with Crippen LogP contribution in [0.4, 0.5) is 0 Å². The van der Waals surface area contributed by atoms with Crippen LogP contribution in [-0.2, 0) is 0 Å². The summed E-state index contributed by atoms with van der Waals surface area (Å²) < 4.78 is 2.29. The fraction of sp³-hybridized carbons (Fsp3) is 0.286. The topological polar surface area (TPSA) is 41.6 Å². The van der Waals surface area contributed by atoms with Gasteiger partial charge in [-0.05, 0) is 38.0 Å². The van der Waals surface area contributed by atoms with Gasteiger partial charge in [0.2, 0.25) is 0 Å². The van der Waals surface area contributed by atoms with Crippen molar-refractivity contribution in [3.63, 3.8) is 0 Å². The molecule has 0 saturated heterocycles. The van der Waals surface area contributed by atoms with Crippen molar-refractivity contribution in [1.82, 2.24) is 9.55 Å². The second-order valence-electron chi connectivity index (χ2n) is 4.48. The molecular weight excluding hydrogens is 210 g/mol. The van der Waals surface area contributed by atoms with E-state index in [1.807, 2.05) is 31.3 Å². The highest BCUT2D eigenvalue weighted by Crippen LogP contribution is 2.41. The van der Waals surface area contributed by atoms with Gasteiger partial charge in [-0.15, -0.1) is 0 Å². The lowest BCUT2D eigenvalue weighted by molar-refractivity contribution is 0.729. The van der Waals surface area contributed by atoms with Gasteiger partial charge in [-0.2, -0.15) is 5.26 Å². The van der Waals surface area contributed by atoms with Crippen LogP contribution < -0.4 is 0 Å². The Morgan fingerprint density at radius 2 is 2.29 bits per heavy atom. The minimum absolute atomic E-state index is 0.576. The van der Waals surface area contributed by atoms with Crippen LogP contribution >= 0.6 is 0 Å². The lowest BCUT2D eigenvalue weighted by Gasteiger charge is -2.09. The third-order valence-electron chi connectivity index (χ3n) is 3.28. The summed E-state index contributed by atoms with van der Waals surface area (Å²) in [4.78, 5) is 4.15. The van der Waals surface area contributed by atoms with Crippen LogP contribution in [0, 0.1) is 18.3 Å². The number of hydrogen-bond donors (Lipinski definition) is 0. The highest BCUT2D eigenvalue weighted by molar-refractivity contribution is 5.63. The van der Waals surface area contributed by atoms with E-state index in [1.54, 1.807) is 6.20 Å². The average Bonchev–Trinajstić information content (AvgIpc) is 3.14. The van der Waals surface area contributed by atoms with Crippen molar-refractivity contribution in [3.05, 3.63) is 41.9 Å². The minimum Gasteiger partial charge on any atom is -0.340 e. The van der Waals surface area contributed by atoms with E-state index < -0.39 is 0 Å². The van der Waals surface area contributed by atoms with Gasteiger partial charge in [-0.1, -0.05) is 0 Å². The van der Waals surface area contributed by atoms with Gasteiger partial charge in [-0.3, -0.25) is 4.98 Å². The number of nitriles is 1. The van der Waals surface area contributed by atoms with Crippen molar-refractivity contribution in [2.45, 2.75) is 25.8 Å². The molecule has 0 amide bonds. The molecule has 0 unspecified atom stereocenters. The fourth-order valence-electron chi connectivity index (χ4n) is 2.27. The molecule has 1 saturated carbocycles. The van der Waals surface area contributed by atoms with Crippen molar-refractivity contribution in [2.24, 2.45) is 0 Å². The largest absolute Gasteiger partial charge is 0.340 e. The summed E-state index contributed by atoms with van der Waals surface area (Å²) in [5, 5.41) is 9.13. The first-order chi connectivity index (χ1) is 8.31. The minimum atomic E-state index is 0.576. The van der Waals surface area contributed by atoms with E-state index in [2.05, 4.69) is 15.6 Å². The lowest BCUT2D eigenvalue weighted by Crippen LogP contribution is -1.99. The van der Waals surface area contributed by atoms with Crippen molar-refractivity contribution in [2.75, 3.05) is 0 Å². The van der Waals surface area contributed by atoms with E-state index in [0.29, 0.717) is 6.04 Å². The van der Waals surface area contributed by atoms with Crippen LogP contribution in [0.1, 0.15) is 30.1 Å². The molecule has 0 spiro atoms. The molecule has 1 fully saturated rings. The smallest absolute Gasteiger partial charge is 0.101 e. The van der Waals surface area contributed by atoms with Crippen molar-refractivity contribution < 1.29 is 0 Å².